The number of nitrogens with zero attached hydrogens (tertiary/aromatic N) is 2. The van der Waals surface area contributed by atoms with Crippen LogP contribution in [0, 0.1) is 0 Å². The standard InChI is InChI=1S/C21H18N4O3S/c1-27-16-8-4-7-15(13-16)22-21(26)23-17-9-3-2-6-14(17)12-19-24-20(25-28-19)18-10-5-11-29-18/h2-11,13H,12H2,1H3,(H2,22,23,26). The molecule has 0 fully saturated rings. The summed E-state index contributed by atoms with van der Waals surface area (Å²) in [5.41, 5.74) is 2.18. The molecule has 0 saturated heterocycles. The number of urea groups is 1. The first-order chi connectivity index (χ1) is 14.2. The first kappa shape index (κ1) is 18.7. The molecule has 0 bridgehead atoms. The highest BCUT2D eigenvalue weighted by atomic mass is 32.1. The molecule has 4 aromatic rings. The lowest BCUT2D eigenvalue weighted by Gasteiger charge is -2.11. The molecule has 146 valence electrons. The van der Waals surface area contributed by atoms with Crippen LogP contribution >= 0.6 is 11.3 Å². The Morgan fingerprint density at radius 2 is 2.00 bits per heavy atom. The maximum atomic E-state index is 12.4. The number of hydrogen-bond acceptors (Lipinski definition) is 6. The normalized spacial score (nSPS) is 10.5. The van der Waals surface area contributed by atoms with Gasteiger partial charge in [0.25, 0.3) is 0 Å². The Hall–Kier alpha value is -3.65. The number of aromatic nitrogens is 2. The number of para-hydroxylation sites is 1. The van der Waals surface area contributed by atoms with E-state index < -0.39 is 0 Å². The van der Waals surface area contributed by atoms with E-state index in [0.29, 0.717) is 35.3 Å². The van der Waals surface area contributed by atoms with Gasteiger partial charge in [0.2, 0.25) is 11.7 Å². The molecule has 4 rings (SSSR count). The highest BCUT2D eigenvalue weighted by Crippen LogP contribution is 2.24. The summed E-state index contributed by atoms with van der Waals surface area (Å²) in [6, 6.07) is 18.2. The van der Waals surface area contributed by atoms with Gasteiger partial charge in [0.05, 0.1) is 18.4 Å². The Labute approximate surface area is 171 Å². The molecule has 0 radical (unpaired) electrons. The van der Waals surface area contributed by atoms with Crippen LogP contribution in [0.1, 0.15) is 11.5 Å². The molecule has 0 unspecified atom stereocenters. The van der Waals surface area contributed by atoms with Gasteiger partial charge < -0.3 is 19.9 Å². The Morgan fingerprint density at radius 1 is 1.10 bits per heavy atom. The highest BCUT2D eigenvalue weighted by molar-refractivity contribution is 7.13. The van der Waals surface area contributed by atoms with Crippen molar-refractivity contribution in [2.24, 2.45) is 0 Å². The van der Waals surface area contributed by atoms with Crippen molar-refractivity contribution >= 4 is 28.7 Å². The van der Waals surface area contributed by atoms with Crippen molar-refractivity contribution in [3.8, 4) is 16.5 Å². The van der Waals surface area contributed by atoms with Crippen LogP contribution in [-0.4, -0.2) is 23.3 Å². The Balaban J connectivity index is 1.46. The maximum absolute atomic E-state index is 12.4. The number of nitrogens with one attached hydrogen (secondary N) is 2. The summed E-state index contributed by atoms with van der Waals surface area (Å²) < 4.78 is 10.6. The van der Waals surface area contributed by atoms with E-state index in [1.807, 2.05) is 53.9 Å². The summed E-state index contributed by atoms with van der Waals surface area (Å²) in [6.45, 7) is 0. The smallest absolute Gasteiger partial charge is 0.323 e. The zero-order valence-electron chi connectivity index (χ0n) is 15.6. The number of rotatable bonds is 6. The Kier molecular flexibility index (Phi) is 5.53. The average molecular weight is 406 g/mol. The van der Waals surface area contributed by atoms with Gasteiger partial charge in [-0.05, 0) is 35.2 Å². The quantitative estimate of drug-likeness (QED) is 0.468. The van der Waals surface area contributed by atoms with Crippen molar-refractivity contribution in [2.75, 3.05) is 17.7 Å². The van der Waals surface area contributed by atoms with Crippen molar-refractivity contribution in [3.05, 3.63) is 77.5 Å². The van der Waals surface area contributed by atoms with Gasteiger partial charge in [-0.1, -0.05) is 35.5 Å². The minimum atomic E-state index is -0.351. The van der Waals surface area contributed by atoms with Crippen molar-refractivity contribution in [1.29, 1.82) is 0 Å². The van der Waals surface area contributed by atoms with Gasteiger partial charge in [0.15, 0.2) is 0 Å². The van der Waals surface area contributed by atoms with E-state index in [-0.39, 0.29) is 6.03 Å². The van der Waals surface area contributed by atoms with Crippen LogP contribution in [0.25, 0.3) is 10.7 Å². The summed E-state index contributed by atoms with van der Waals surface area (Å²) in [5, 5.41) is 11.7. The lowest BCUT2D eigenvalue weighted by Crippen LogP contribution is -2.20. The van der Waals surface area contributed by atoms with Crippen LogP contribution in [0.15, 0.2) is 70.6 Å². The highest BCUT2D eigenvalue weighted by Gasteiger charge is 2.13. The third-order valence-electron chi connectivity index (χ3n) is 4.14. The summed E-state index contributed by atoms with van der Waals surface area (Å²) in [6.07, 6.45) is 0.411. The van der Waals surface area contributed by atoms with Crippen molar-refractivity contribution in [3.63, 3.8) is 0 Å². The summed E-state index contributed by atoms with van der Waals surface area (Å²) in [5.74, 6) is 1.72. The molecule has 2 amide bonds. The van der Waals surface area contributed by atoms with Crippen LogP contribution in [0.2, 0.25) is 0 Å². The molecular formula is C21H18N4O3S. The van der Waals surface area contributed by atoms with Gasteiger partial charge in [0, 0.05) is 17.4 Å². The molecule has 8 heteroatoms. The third kappa shape index (κ3) is 4.61. The van der Waals surface area contributed by atoms with Crippen LogP contribution in [-0.2, 0) is 6.42 Å². The fourth-order valence-corrected chi connectivity index (χ4v) is 3.43. The summed E-state index contributed by atoms with van der Waals surface area (Å²) in [4.78, 5) is 17.8. The van der Waals surface area contributed by atoms with E-state index in [9.17, 15) is 4.79 Å². The summed E-state index contributed by atoms with van der Waals surface area (Å²) >= 11 is 1.55. The Bertz CT molecular complexity index is 1110. The number of carbonyl (C=O) groups is 1. The number of anilines is 2. The second kappa shape index (κ2) is 8.57. The Morgan fingerprint density at radius 3 is 2.83 bits per heavy atom. The summed E-state index contributed by atoms with van der Waals surface area (Å²) in [7, 11) is 1.58. The average Bonchev–Trinajstić information content (AvgIpc) is 3.41. The van der Waals surface area contributed by atoms with Gasteiger partial charge in [-0.15, -0.1) is 11.3 Å². The molecule has 0 aliphatic carbocycles. The molecule has 2 aromatic carbocycles. The molecule has 2 heterocycles. The monoisotopic (exact) mass is 406 g/mol. The predicted molar refractivity (Wildman–Crippen MR) is 112 cm³/mol. The molecule has 0 aliphatic rings. The van der Waals surface area contributed by atoms with Crippen LogP contribution < -0.4 is 15.4 Å². The van der Waals surface area contributed by atoms with Crippen molar-refractivity contribution < 1.29 is 14.1 Å². The van der Waals surface area contributed by atoms with Crippen molar-refractivity contribution in [2.45, 2.75) is 6.42 Å². The third-order valence-corrected chi connectivity index (χ3v) is 5.01. The number of hydrogen-bond donors (Lipinski definition) is 2. The molecular weight excluding hydrogens is 388 g/mol. The van der Waals surface area contributed by atoms with Crippen molar-refractivity contribution in [1.82, 2.24) is 10.1 Å². The molecule has 0 saturated carbocycles. The molecule has 7 nitrogen and oxygen atoms in total. The molecule has 2 aromatic heterocycles. The lowest BCUT2D eigenvalue weighted by molar-refractivity contribution is 0.262. The maximum Gasteiger partial charge on any atom is 0.323 e. The largest absolute Gasteiger partial charge is 0.497 e. The van der Waals surface area contributed by atoms with Gasteiger partial charge in [-0.25, -0.2) is 4.79 Å². The molecule has 0 aliphatic heterocycles. The fourth-order valence-electron chi connectivity index (χ4n) is 2.78. The second-order valence-electron chi connectivity index (χ2n) is 6.13. The van der Waals surface area contributed by atoms with Gasteiger partial charge in [-0.3, -0.25) is 0 Å². The molecule has 2 N–H and O–H groups in total. The number of carbonyl (C=O) groups excluding carboxylic acids is 1. The number of ether oxygens (including phenoxy) is 1. The van der Waals surface area contributed by atoms with E-state index in [0.717, 1.165) is 10.4 Å². The van der Waals surface area contributed by atoms with Crippen LogP contribution in [0.3, 0.4) is 0 Å². The van der Waals surface area contributed by atoms with E-state index in [1.165, 1.54) is 0 Å². The first-order valence-electron chi connectivity index (χ1n) is 8.88. The van der Waals surface area contributed by atoms with E-state index >= 15 is 0 Å². The lowest BCUT2D eigenvalue weighted by atomic mass is 10.1. The molecule has 29 heavy (non-hydrogen) atoms. The van der Waals surface area contributed by atoms with Crippen LogP contribution in [0.4, 0.5) is 16.2 Å². The van der Waals surface area contributed by atoms with E-state index in [4.69, 9.17) is 9.26 Å². The number of methoxy groups -OCH3 is 1. The second-order valence-corrected chi connectivity index (χ2v) is 7.08. The van der Waals surface area contributed by atoms with E-state index in [2.05, 4.69) is 20.8 Å². The molecule has 0 spiro atoms. The molecule has 0 atom stereocenters. The first-order valence-corrected chi connectivity index (χ1v) is 9.75. The van der Waals surface area contributed by atoms with Gasteiger partial charge >= 0.3 is 6.03 Å². The van der Waals surface area contributed by atoms with Gasteiger partial charge in [0.1, 0.15) is 5.75 Å². The zero-order valence-corrected chi connectivity index (χ0v) is 16.4. The minimum absolute atomic E-state index is 0.351. The predicted octanol–water partition coefficient (Wildman–Crippen LogP) is 5.04. The number of benzene rings is 2. The number of amides is 2. The van der Waals surface area contributed by atoms with E-state index in [1.54, 1.807) is 30.6 Å². The minimum Gasteiger partial charge on any atom is -0.497 e. The number of thiophene rings is 1. The van der Waals surface area contributed by atoms with Gasteiger partial charge in [-0.2, -0.15) is 4.98 Å². The topological polar surface area (TPSA) is 89.3 Å². The fraction of sp³-hybridized carbons (Fsp3) is 0.0952. The SMILES string of the molecule is COc1cccc(NC(=O)Nc2ccccc2Cc2nc(-c3cccs3)no2)c1. The van der Waals surface area contributed by atoms with Crippen LogP contribution in [0.5, 0.6) is 5.75 Å². The zero-order chi connectivity index (χ0) is 20.1.